The van der Waals surface area contributed by atoms with E-state index in [4.69, 9.17) is 5.26 Å². The molecule has 0 aliphatic carbocycles. The van der Waals surface area contributed by atoms with Gasteiger partial charge in [0.15, 0.2) is 0 Å². The van der Waals surface area contributed by atoms with Crippen LogP contribution in [0.4, 0.5) is 4.79 Å². The summed E-state index contributed by atoms with van der Waals surface area (Å²) in [6.45, 7) is 5.13. The number of nitrogens with zero attached hydrogens (tertiary/aromatic N) is 3. The monoisotopic (exact) mass is 350 g/mol. The number of carbonyl (C=O) groups excluding carboxylic acids is 1. The van der Waals surface area contributed by atoms with Crippen molar-refractivity contribution in [2.24, 2.45) is 0 Å². The molecule has 2 amide bonds. The molecule has 1 aromatic carbocycles. The molecule has 1 N–H and O–H groups in total. The van der Waals surface area contributed by atoms with E-state index in [9.17, 15) is 13.2 Å². The lowest BCUT2D eigenvalue weighted by Crippen LogP contribution is -2.44. The van der Waals surface area contributed by atoms with Crippen molar-refractivity contribution >= 4 is 16.1 Å². The zero-order chi connectivity index (χ0) is 17.7. The van der Waals surface area contributed by atoms with Crippen LogP contribution in [0, 0.1) is 11.3 Å². The number of carbonyl (C=O) groups is 1. The maximum atomic E-state index is 12.8. The predicted molar refractivity (Wildman–Crippen MR) is 89.8 cm³/mol. The van der Waals surface area contributed by atoms with Crippen LogP contribution in [-0.4, -0.2) is 55.9 Å². The molecule has 0 spiro atoms. The van der Waals surface area contributed by atoms with Gasteiger partial charge in [0.1, 0.15) is 6.07 Å². The zero-order valence-electron chi connectivity index (χ0n) is 13.9. The van der Waals surface area contributed by atoms with Gasteiger partial charge in [0.2, 0.25) is 10.0 Å². The molecule has 1 heterocycles. The zero-order valence-corrected chi connectivity index (χ0v) is 14.7. The van der Waals surface area contributed by atoms with Crippen LogP contribution in [0.25, 0.3) is 0 Å². The van der Waals surface area contributed by atoms with Crippen molar-refractivity contribution in [3.63, 3.8) is 0 Å². The summed E-state index contributed by atoms with van der Waals surface area (Å²) < 4.78 is 27.0. The van der Waals surface area contributed by atoms with Gasteiger partial charge in [0.25, 0.3) is 0 Å². The molecule has 0 bridgehead atoms. The van der Waals surface area contributed by atoms with E-state index < -0.39 is 10.0 Å². The molecule has 7 nitrogen and oxygen atoms in total. The minimum Gasteiger partial charge on any atom is -0.336 e. The number of hydrogen-bond acceptors (Lipinski definition) is 4. The molecular weight excluding hydrogens is 328 g/mol. The van der Waals surface area contributed by atoms with Gasteiger partial charge in [-0.25, -0.2) is 13.2 Å². The van der Waals surface area contributed by atoms with Crippen LogP contribution in [0.5, 0.6) is 0 Å². The summed E-state index contributed by atoms with van der Waals surface area (Å²) in [5.74, 6) is 0. The Balaban J connectivity index is 2.16. The van der Waals surface area contributed by atoms with Crippen LogP contribution in [-0.2, 0) is 10.0 Å². The van der Waals surface area contributed by atoms with Crippen LogP contribution in [0.1, 0.15) is 25.8 Å². The molecule has 1 saturated heterocycles. The topological polar surface area (TPSA) is 93.5 Å². The maximum absolute atomic E-state index is 12.8. The number of hydrogen-bond donors (Lipinski definition) is 1. The fraction of sp³-hybridized carbons (Fsp3) is 0.500. The highest BCUT2D eigenvalue weighted by Gasteiger charge is 2.29. The molecule has 0 radical (unpaired) electrons. The average Bonchev–Trinajstić information content (AvgIpc) is 2.80. The summed E-state index contributed by atoms with van der Waals surface area (Å²) in [6.07, 6.45) is 0.555. The van der Waals surface area contributed by atoms with Gasteiger partial charge in [0, 0.05) is 32.2 Å². The molecule has 24 heavy (non-hydrogen) atoms. The molecule has 2 rings (SSSR count). The number of nitriles is 1. The van der Waals surface area contributed by atoms with Crippen molar-refractivity contribution in [1.29, 1.82) is 5.26 Å². The SMILES string of the molecule is CC(C)NC(=O)N1CCCN(S(=O)(=O)c2ccccc2C#N)CC1. The number of amides is 2. The molecule has 1 aliphatic rings. The second-order valence-corrected chi connectivity index (χ2v) is 7.86. The Labute approximate surface area is 142 Å². The standard InChI is InChI=1S/C16H22N4O3S/c1-13(2)18-16(21)19-8-5-9-20(11-10-19)24(22,23)15-7-4-3-6-14(15)12-17/h3-4,6-7,13H,5,8-11H2,1-2H3,(H,18,21). The molecule has 130 valence electrons. The number of sulfonamides is 1. The normalized spacial score (nSPS) is 16.5. The molecule has 1 aromatic rings. The first kappa shape index (κ1) is 18.2. The Kier molecular flexibility index (Phi) is 5.80. The van der Waals surface area contributed by atoms with Crippen molar-refractivity contribution in [3.8, 4) is 6.07 Å². The van der Waals surface area contributed by atoms with Gasteiger partial charge in [-0.15, -0.1) is 0 Å². The third-order valence-corrected chi connectivity index (χ3v) is 5.74. The van der Waals surface area contributed by atoms with E-state index in [0.717, 1.165) is 0 Å². The average molecular weight is 350 g/mol. The number of rotatable bonds is 3. The second kappa shape index (κ2) is 7.64. The van der Waals surface area contributed by atoms with Gasteiger partial charge >= 0.3 is 6.03 Å². The van der Waals surface area contributed by atoms with E-state index in [0.29, 0.717) is 26.1 Å². The Morgan fingerprint density at radius 2 is 1.92 bits per heavy atom. The molecule has 0 saturated carbocycles. The molecule has 0 aromatic heterocycles. The third-order valence-electron chi connectivity index (χ3n) is 3.78. The summed E-state index contributed by atoms with van der Waals surface area (Å²) in [5.41, 5.74) is 0.135. The van der Waals surface area contributed by atoms with Crippen molar-refractivity contribution in [2.45, 2.75) is 31.2 Å². The second-order valence-electron chi connectivity index (χ2n) is 5.96. The smallest absolute Gasteiger partial charge is 0.317 e. The quantitative estimate of drug-likeness (QED) is 0.891. The van der Waals surface area contributed by atoms with Gasteiger partial charge in [-0.3, -0.25) is 0 Å². The number of urea groups is 1. The molecule has 1 aliphatic heterocycles. The Morgan fingerprint density at radius 3 is 2.58 bits per heavy atom. The summed E-state index contributed by atoms with van der Waals surface area (Å²) >= 11 is 0. The lowest BCUT2D eigenvalue weighted by atomic mass is 10.2. The fourth-order valence-corrected chi connectivity index (χ4v) is 4.21. The van der Waals surface area contributed by atoms with Crippen molar-refractivity contribution in [2.75, 3.05) is 26.2 Å². The molecular formula is C16H22N4O3S. The fourth-order valence-electron chi connectivity index (χ4n) is 2.60. The minimum absolute atomic E-state index is 0.0209. The predicted octanol–water partition coefficient (Wildman–Crippen LogP) is 1.37. The Hall–Kier alpha value is -2.11. The van der Waals surface area contributed by atoms with Crippen molar-refractivity contribution in [1.82, 2.24) is 14.5 Å². The van der Waals surface area contributed by atoms with E-state index in [2.05, 4.69) is 5.32 Å². The van der Waals surface area contributed by atoms with Crippen LogP contribution < -0.4 is 5.32 Å². The first-order valence-electron chi connectivity index (χ1n) is 7.91. The van der Waals surface area contributed by atoms with Gasteiger partial charge in [0.05, 0.1) is 10.5 Å². The Bertz CT molecular complexity index is 740. The minimum atomic E-state index is -3.75. The molecule has 0 unspecified atom stereocenters. The third kappa shape index (κ3) is 4.04. The lowest BCUT2D eigenvalue weighted by Gasteiger charge is -2.23. The van der Waals surface area contributed by atoms with E-state index in [1.807, 2.05) is 19.9 Å². The van der Waals surface area contributed by atoms with Crippen LogP contribution >= 0.6 is 0 Å². The highest BCUT2D eigenvalue weighted by Crippen LogP contribution is 2.21. The van der Waals surface area contributed by atoms with Gasteiger partial charge < -0.3 is 10.2 Å². The largest absolute Gasteiger partial charge is 0.336 e. The van der Waals surface area contributed by atoms with Gasteiger partial charge in [-0.2, -0.15) is 9.57 Å². The summed E-state index contributed by atoms with van der Waals surface area (Å²) in [6, 6.07) is 7.96. The highest BCUT2D eigenvalue weighted by atomic mass is 32.2. The highest BCUT2D eigenvalue weighted by molar-refractivity contribution is 7.89. The lowest BCUT2D eigenvalue weighted by molar-refractivity contribution is 0.198. The van der Waals surface area contributed by atoms with Crippen molar-refractivity contribution in [3.05, 3.63) is 29.8 Å². The van der Waals surface area contributed by atoms with Crippen molar-refractivity contribution < 1.29 is 13.2 Å². The number of benzene rings is 1. The van der Waals surface area contributed by atoms with Crippen LogP contribution in [0.2, 0.25) is 0 Å². The van der Waals surface area contributed by atoms with E-state index in [1.165, 1.54) is 16.4 Å². The van der Waals surface area contributed by atoms with Gasteiger partial charge in [-0.1, -0.05) is 12.1 Å². The van der Waals surface area contributed by atoms with E-state index in [-0.39, 0.29) is 29.1 Å². The summed E-state index contributed by atoms with van der Waals surface area (Å²) in [4.78, 5) is 13.7. The molecule has 8 heteroatoms. The first-order chi connectivity index (χ1) is 11.4. The summed E-state index contributed by atoms with van der Waals surface area (Å²) in [5, 5.41) is 12.0. The van der Waals surface area contributed by atoms with Gasteiger partial charge in [-0.05, 0) is 32.4 Å². The summed E-state index contributed by atoms with van der Waals surface area (Å²) in [7, 11) is -3.75. The Morgan fingerprint density at radius 1 is 1.21 bits per heavy atom. The molecule has 1 fully saturated rings. The van der Waals surface area contributed by atoms with Crippen LogP contribution in [0.15, 0.2) is 29.2 Å². The van der Waals surface area contributed by atoms with Crippen LogP contribution in [0.3, 0.4) is 0 Å². The molecule has 0 atom stereocenters. The maximum Gasteiger partial charge on any atom is 0.317 e. The van der Waals surface area contributed by atoms with E-state index >= 15 is 0 Å². The van der Waals surface area contributed by atoms with E-state index in [1.54, 1.807) is 17.0 Å². The number of nitrogens with one attached hydrogen (secondary N) is 1. The first-order valence-corrected chi connectivity index (χ1v) is 9.35.